The lowest BCUT2D eigenvalue weighted by Gasteiger charge is -2.17. The molecule has 0 bridgehead atoms. The Balaban J connectivity index is 1.65. The molecule has 1 N–H and O–H groups in total. The van der Waals surface area contributed by atoms with Crippen LogP contribution in [0.3, 0.4) is 0 Å². The molecule has 1 aromatic carbocycles. The highest BCUT2D eigenvalue weighted by molar-refractivity contribution is 5.31. The van der Waals surface area contributed by atoms with Crippen molar-refractivity contribution in [1.82, 2.24) is 15.1 Å². The van der Waals surface area contributed by atoms with Crippen molar-refractivity contribution >= 4 is 0 Å². The minimum atomic E-state index is 0.420. The molecule has 112 valence electrons. The number of benzene rings is 1. The largest absolute Gasteiger partial charge is 0.313 e. The smallest absolute Gasteiger partial charge is 0.0645 e. The zero-order valence-electron chi connectivity index (χ0n) is 12.8. The average Bonchev–Trinajstić information content (AvgIpc) is 3.20. The van der Waals surface area contributed by atoms with Gasteiger partial charge in [-0.25, -0.2) is 4.68 Å². The second-order valence-electron chi connectivity index (χ2n) is 6.12. The van der Waals surface area contributed by atoms with Crippen LogP contribution in [-0.4, -0.2) is 16.8 Å². The van der Waals surface area contributed by atoms with Crippen LogP contribution in [-0.2, 0) is 0 Å². The first-order valence-electron chi connectivity index (χ1n) is 8.14. The second-order valence-corrected chi connectivity index (χ2v) is 6.12. The van der Waals surface area contributed by atoms with Gasteiger partial charge in [-0.3, -0.25) is 0 Å². The molecule has 1 fully saturated rings. The van der Waals surface area contributed by atoms with E-state index in [-0.39, 0.29) is 0 Å². The number of hydrogen-bond acceptors (Lipinski definition) is 2. The standard InChI is InChI=1S/C18H25N3/c1-19-18(12-11-15-7-5-6-8-15)16-13-20-21(14-16)17-9-3-2-4-10-17/h2-4,9-10,13-15,18-19H,5-8,11-12H2,1H3. The molecule has 0 radical (unpaired) electrons. The van der Waals surface area contributed by atoms with Crippen molar-refractivity contribution in [2.75, 3.05) is 7.05 Å². The molecule has 3 nitrogen and oxygen atoms in total. The van der Waals surface area contributed by atoms with Gasteiger partial charge in [0.2, 0.25) is 0 Å². The van der Waals surface area contributed by atoms with E-state index in [1.807, 2.05) is 29.1 Å². The van der Waals surface area contributed by atoms with Crippen LogP contribution in [0.1, 0.15) is 50.1 Å². The summed E-state index contributed by atoms with van der Waals surface area (Å²) in [5.74, 6) is 0.949. The topological polar surface area (TPSA) is 29.9 Å². The summed E-state index contributed by atoms with van der Waals surface area (Å²) >= 11 is 0. The maximum absolute atomic E-state index is 4.51. The van der Waals surface area contributed by atoms with Gasteiger partial charge in [-0.15, -0.1) is 0 Å². The molecule has 3 rings (SSSR count). The summed E-state index contributed by atoms with van der Waals surface area (Å²) in [6, 6.07) is 10.7. The number of aromatic nitrogens is 2. The molecule has 0 spiro atoms. The molecule has 0 aliphatic heterocycles. The van der Waals surface area contributed by atoms with E-state index in [1.54, 1.807) is 0 Å². The Morgan fingerprint density at radius 2 is 2.00 bits per heavy atom. The summed E-state index contributed by atoms with van der Waals surface area (Å²) in [4.78, 5) is 0. The molecule has 1 saturated carbocycles. The highest BCUT2D eigenvalue weighted by Gasteiger charge is 2.18. The fraction of sp³-hybridized carbons (Fsp3) is 0.500. The lowest BCUT2D eigenvalue weighted by Crippen LogP contribution is -2.16. The Labute approximate surface area is 127 Å². The summed E-state index contributed by atoms with van der Waals surface area (Å²) in [5.41, 5.74) is 2.41. The van der Waals surface area contributed by atoms with Crippen molar-refractivity contribution in [3.05, 3.63) is 48.3 Å². The molecule has 3 heteroatoms. The van der Waals surface area contributed by atoms with E-state index in [0.29, 0.717) is 6.04 Å². The van der Waals surface area contributed by atoms with E-state index in [0.717, 1.165) is 11.6 Å². The molecule has 1 aromatic heterocycles. The maximum atomic E-state index is 4.51. The van der Waals surface area contributed by atoms with E-state index >= 15 is 0 Å². The van der Waals surface area contributed by atoms with E-state index < -0.39 is 0 Å². The van der Waals surface area contributed by atoms with Gasteiger partial charge in [-0.1, -0.05) is 43.9 Å². The van der Waals surface area contributed by atoms with Gasteiger partial charge in [0.25, 0.3) is 0 Å². The van der Waals surface area contributed by atoms with E-state index in [9.17, 15) is 0 Å². The first-order valence-corrected chi connectivity index (χ1v) is 8.14. The first-order chi connectivity index (χ1) is 10.4. The fourth-order valence-electron chi connectivity index (χ4n) is 3.42. The van der Waals surface area contributed by atoms with Crippen molar-refractivity contribution in [1.29, 1.82) is 0 Å². The average molecular weight is 283 g/mol. The third kappa shape index (κ3) is 3.53. The zero-order chi connectivity index (χ0) is 14.5. The van der Waals surface area contributed by atoms with E-state index in [1.165, 1.54) is 44.1 Å². The lowest BCUT2D eigenvalue weighted by molar-refractivity contribution is 0.427. The van der Waals surface area contributed by atoms with Crippen LogP contribution in [0.2, 0.25) is 0 Å². The van der Waals surface area contributed by atoms with Crippen molar-refractivity contribution in [2.24, 2.45) is 5.92 Å². The lowest BCUT2D eigenvalue weighted by atomic mass is 9.96. The zero-order valence-corrected chi connectivity index (χ0v) is 12.8. The highest BCUT2D eigenvalue weighted by atomic mass is 15.3. The minimum Gasteiger partial charge on any atom is -0.313 e. The summed E-state index contributed by atoms with van der Waals surface area (Å²) in [6.45, 7) is 0. The molecule has 0 amide bonds. The van der Waals surface area contributed by atoms with Gasteiger partial charge >= 0.3 is 0 Å². The minimum absolute atomic E-state index is 0.420. The maximum Gasteiger partial charge on any atom is 0.0645 e. The summed E-state index contributed by atoms with van der Waals surface area (Å²) < 4.78 is 1.97. The predicted molar refractivity (Wildman–Crippen MR) is 86.6 cm³/mol. The normalized spacial score (nSPS) is 17.2. The van der Waals surface area contributed by atoms with Gasteiger partial charge in [0.15, 0.2) is 0 Å². The third-order valence-electron chi connectivity index (χ3n) is 4.71. The van der Waals surface area contributed by atoms with Gasteiger partial charge < -0.3 is 5.32 Å². The molecule has 21 heavy (non-hydrogen) atoms. The quantitative estimate of drug-likeness (QED) is 0.865. The molecule has 1 atom stereocenters. The Hall–Kier alpha value is -1.61. The predicted octanol–water partition coefficient (Wildman–Crippen LogP) is 4.10. The van der Waals surface area contributed by atoms with Crippen LogP contribution in [0, 0.1) is 5.92 Å². The van der Waals surface area contributed by atoms with Crippen molar-refractivity contribution in [3.63, 3.8) is 0 Å². The second kappa shape index (κ2) is 6.90. The molecule has 1 unspecified atom stereocenters. The van der Waals surface area contributed by atoms with Gasteiger partial charge in [0, 0.05) is 17.8 Å². The molecule has 2 aromatic rings. The van der Waals surface area contributed by atoms with E-state index in [4.69, 9.17) is 0 Å². The summed E-state index contributed by atoms with van der Waals surface area (Å²) in [5, 5.41) is 7.97. The van der Waals surface area contributed by atoms with Crippen molar-refractivity contribution in [3.8, 4) is 5.69 Å². The number of rotatable bonds is 6. The van der Waals surface area contributed by atoms with E-state index in [2.05, 4.69) is 35.8 Å². The van der Waals surface area contributed by atoms with Crippen LogP contribution < -0.4 is 5.32 Å². The number of nitrogens with zero attached hydrogens (tertiary/aromatic N) is 2. The first kappa shape index (κ1) is 14.3. The van der Waals surface area contributed by atoms with Crippen LogP contribution >= 0.6 is 0 Å². The number of hydrogen-bond donors (Lipinski definition) is 1. The van der Waals surface area contributed by atoms with Gasteiger partial charge in [0.1, 0.15) is 0 Å². The highest BCUT2D eigenvalue weighted by Crippen LogP contribution is 2.31. The van der Waals surface area contributed by atoms with Gasteiger partial charge in [0.05, 0.1) is 11.9 Å². The fourth-order valence-corrected chi connectivity index (χ4v) is 3.42. The molecular formula is C18H25N3. The van der Waals surface area contributed by atoms with Crippen molar-refractivity contribution < 1.29 is 0 Å². The molecule has 1 aliphatic rings. The van der Waals surface area contributed by atoms with Crippen LogP contribution in [0.5, 0.6) is 0 Å². The Morgan fingerprint density at radius 1 is 1.24 bits per heavy atom. The molecule has 1 aliphatic carbocycles. The summed E-state index contributed by atoms with van der Waals surface area (Å²) in [7, 11) is 2.05. The van der Waals surface area contributed by atoms with Crippen LogP contribution in [0.4, 0.5) is 0 Å². The number of nitrogens with one attached hydrogen (secondary N) is 1. The molecule has 0 saturated heterocycles. The van der Waals surface area contributed by atoms with Crippen LogP contribution in [0.15, 0.2) is 42.7 Å². The summed E-state index contributed by atoms with van der Waals surface area (Å²) in [6.07, 6.45) is 12.4. The Morgan fingerprint density at radius 3 is 2.71 bits per heavy atom. The Bertz CT molecular complexity index is 541. The van der Waals surface area contributed by atoms with Gasteiger partial charge in [-0.2, -0.15) is 5.10 Å². The number of para-hydroxylation sites is 1. The molecular weight excluding hydrogens is 258 g/mol. The monoisotopic (exact) mass is 283 g/mol. The van der Waals surface area contributed by atoms with Crippen molar-refractivity contribution in [2.45, 2.75) is 44.6 Å². The Kier molecular flexibility index (Phi) is 4.71. The molecule has 1 heterocycles. The van der Waals surface area contributed by atoms with Gasteiger partial charge in [-0.05, 0) is 37.9 Å². The SMILES string of the molecule is CNC(CCC1CCCC1)c1cnn(-c2ccccc2)c1. The third-order valence-corrected chi connectivity index (χ3v) is 4.71. The van der Waals surface area contributed by atoms with Crippen LogP contribution in [0.25, 0.3) is 5.69 Å².